The topological polar surface area (TPSA) is 26.3 Å². The van der Waals surface area contributed by atoms with Crippen molar-refractivity contribution in [2.24, 2.45) is 0 Å². The molecule has 2 nitrogen and oxygen atoms in total. The van der Waals surface area contributed by atoms with E-state index in [0.29, 0.717) is 6.61 Å². The fraction of sp³-hybridized carbons (Fsp3) is 0.148. The number of esters is 1. The van der Waals surface area contributed by atoms with E-state index in [1.165, 1.54) is 27.1 Å². The molecule has 0 saturated heterocycles. The molecule has 144 valence electrons. The predicted molar refractivity (Wildman–Crippen MR) is 121 cm³/mol. The molecule has 0 atom stereocenters. The van der Waals surface area contributed by atoms with Crippen LogP contribution in [0.25, 0.3) is 27.1 Å². The van der Waals surface area contributed by atoms with Crippen molar-refractivity contribution in [1.82, 2.24) is 0 Å². The summed E-state index contributed by atoms with van der Waals surface area (Å²) in [5, 5.41) is 4.85. The van der Waals surface area contributed by atoms with Crippen molar-refractivity contribution in [3.63, 3.8) is 0 Å². The lowest BCUT2D eigenvalue weighted by Gasteiger charge is -2.11. The maximum Gasteiger partial charge on any atom is 0.331 e. The van der Waals surface area contributed by atoms with Crippen LogP contribution in [0, 0.1) is 0 Å². The largest absolute Gasteiger partial charge is 0.463 e. The average Bonchev–Trinajstić information content (AvgIpc) is 2.76. The van der Waals surface area contributed by atoms with E-state index in [2.05, 4.69) is 72.8 Å². The number of aryl methyl sites for hydroxylation is 1. The zero-order valence-electron chi connectivity index (χ0n) is 16.6. The van der Waals surface area contributed by atoms with Crippen molar-refractivity contribution in [3.8, 4) is 0 Å². The molecule has 0 aromatic heterocycles. The molecule has 0 bridgehead atoms. The highest BCUT2D eigenvalue weighted by molar-refractivity contribution is 5.94. The van der Waals surface area contributed by atoms with Gasteiger partial charge in [0.15, 0.2) is 0 Å². The minimum absolute atomic E-state index is 0.283. The summed E-state index contributed by atoms with van der Waals surface area (Å²) in [6.07, 6.45) is 3.28. The van der Waals surface area contributed by atoms with Gasteiger partial charge in [-0.3, -0.25) is 0 Å². The molecule has 29 heavy (non-hydrogen) atoms. The number of carbonyl (C=O) groups is 1. The van der Waals surface area contributed by atoms with E-state index in [-0.39, 0.29) is 5.97 Å². The van der Waals surface area contributed by atoms with Crippen LogP contribution in [0.1, 0.15) is 24.5 Å². The molecular weight excluding hydrogens is 356 g/mol. The fourth-order valence-corrected chi connectivity index (χ4v) is 3.69. The number of allylic oxidation sites excluding steroid dienone is 1. The van der Waals surface area contributed by atoms with Gasteiger partial charge in [0, 0.05) is 6.08 Å². The normalized spacial score (nSPS) is 11.7. The van der Waals surface area contributed by atoms with Gasteiger partial charge in [0.1, 0.15) is 0 Å². The molecule has 0 spiro atoms. The highest BCUT2D eigenvalue weighted by Gasteiger charge is 2.08. The van der Waals surface area contributed by atoms with Crippen LogP contribution in [-0.4, -0.2) is 12.6 Å². The number of hydrogen-bond donors (Lipinski definition) is 0. The summed E-state index contributed by atoms with van der Waals surface area (Å²) in [6.45, 7) is 2.21. The third kappa shape index (κ3) is 4.55. The molecule has 0 unspecified atom stereocenters. The van der Waals surface area contributed by atoms with Gasteiger partial charge in [-0.25, -0.2) is 4.79 Å². The Labute approximate surface area is 171 Å². The quantitative estimate of drug-likeness (QED) is 0.279. The number of carbonyl (C=O) groups excluding carboxylic acids is 1. The summed E-state index contributed by atoms with van der Waals surface area (Å²) in [6, 6.07) is 29.6. The molecule has 4 rings (SSSR count). The van der Waals surface area contributed by atoms with Gasteiger partial charge in [0.25, 0.3) is 0 Å². The van der Waals surface area contributed by atoms with Gasteiger partial charge >= 0.3 is 5.97 Å². The first-order valence-corrected chi connectivity index (χ1v) is 10.1. The van der Waals surface area contributed by atoms with Gasteiger partial charge in [0.2, 0.25) is 0 Å². The molecule has 0 aliphatic heterocycles. The highest BCUT2D eigenvalue weighted by Crippen LogP contribution is 2.26. The van der Waals surface area contributed by atoms with Gasteiger partial charge in [-0.2, -0.15) is 0 Å². The van der Waals surface area contributed by atoms with Crippen LogP contribution >= 0.6 is 0 Å². The van der Waals surface area contributed by atoms with E-state index >= 15 is 0 Å². The number of ether oxygens (including phenoxy) is 1. The first-order chi connectivity index (χ1) is 14.2. The van der Waals surface area contributed by atoms with Crippen molar-refractivity contribution in [3.05, 3.63) is 102 Å². The van der Waals surface area contributed by atoms with Crippen LogP contribution in [-0.2, 0) is 16.0 Å². The lowest BCUT2D eigenvalue weighted by atomic mass is 9.95. The van der Waals surface area contributed by atoms with Gasteiger partial charge in [-0.05, 0) is 64.1 Å². The molecule has 2 heteroatoms. The number of rotatable bonds is 6. The lowest BCUT2D eigenvalue weighted by molar-refractivity contribution is -0.137. The molecule has 4 aromatic rings. The Morgan fingerprint density at radius 2 is 1.41 bits per heavy atom. The average molecular weight is 380 g/mol. The zero-order valence-corrected chi connectivity index (χ0v) is 16.6. The van der Waals surface area contributed by atoms with Crippen molar-refractivity contribution in [2.45, 2.75) is 19.8 Å². The van der Waals surface area contributed by atoms with Crippen LogP contribution in [0.15, 0.2) is 91.0 Å². The van der Waals surface area contributed by atoms with Gasteiger partial charge < -0.3 is 4.74 Å². The summed E-state index contributed by atoms with van der Waals surface area (Å²) in [5.74, 6) is -0.283. The van der Waals surface area contributed by atoms with E-state index in [4.69, 9.17) is 4.74 Å². The van der Waals surface area contributed by atoms with E-state index in [0.717, 1.165) is 24.0 Å². The maximum absolute atomic E-state index is 12.2. The Bertz CT molecular complexity index is 1190. The second-order valence-corrected chi connectivity index (χ2v) is 7.17. The third-order valence-electron chi connectivity index (χ3n) is 5.20. The Kier molecular flexibility index (Phi) is 5.71. The summed E-state index contributed by atoms with van der Waals surface area (Å²) >= 11 is 0. The third-order valence-corrected chi connectivity index (χ3v) is 5.20. The predicted octanol–water partition coefficient (Wildman–Crippen LogP) is 6.57. The second kappa shape index (κ2) is 8.74. The molecular formula is C27H24O2. The minimum Gasteiger partial charge on any atom is -0.463 e. The van der Waals surface area contributed by atoms with Gasteiger partial charge in [-0.15, -0.1) is 0 Å². The molecule has 0 N–H and O–H groups in total. The SMILES string of the molecule is CCOC(=O)C=C(CCc1ccc2ccccc2c1)c1ccc2ccccc2c1. The fourth-order valence-electron chi connectivity index (χ4n) is 3.69. The van der Waals surface area contributed by atoms with Gasteiger partial charge in [-0.1, -0.05) is 78.9 Å². The molecule has 0 amide bonds. The van der Waals surface area contributed by atoms with E-state index in [9.17, 15) is 4.79 Å². The minimum atomic E-state index is -0.283. The second-order valence-electron chi connectivity index (χ2n) is 7.17. The van der Waals surface area contributed by atoms with Crippen LogP contribution in [0.5, 0.6) is 0 Å². The monoisotopic (exact) mass is 380 g/mol. The summed E-state index contributed by atoms with van der Waals surface area (Å²) in [7, 11) is 0. The standard InChI is InChI=1S/C27H24O2/c1-2-29-27(28)19-26(25-16-15-22-8-4-6-10-24(22)18-25)14-12-20-11-13-21-7-3-5-9-23(21)17-20/h3-11,13,15-19H,2,12,14H2,1H3. The molecule has 0 fully saturated rings. The van der Waals surface area contributed by atoms with Crippen LogP contribution < -0.4 is 0 Å². The zero-order chi connectivity index (χ0) is 20.1. The lowest BCUT2D eigenvalue weighted by Crippen LogP contribution is -2.02. The molecule has 0 heterocycles. The number of hydrogen-bond acceptors (Lipinski definition) is 2. The van der Waals surface area contributed by atoms with Crippen LogP contribution in [0.4, 0.5) is 0 Å². The maximum atomic E-state index is 12.2. The van der Waals surface area contributed by atoms with Crippen LogP contribution in [0.2, 0.25) is 0 Å². The summed E-state index contributed by atoms with van der Waals surface area (Å²) in [5.41, 5.74) is 3.33. The first kappa shape index (κ1) is 18.9. The summed E-state index contributed by atoms with van der Waals surface area (Å²) in [4.78, 5) is 12.2. The van der Waals surface area contributed by atoms with Crippen LogP contribution in [0.3, 0.4) is 0 Å². The molecule has 0 saturated carbocycles. The van der Waals surface area contributed by atoms with Crippen molar-refractivity contribution >= 4 is 33.1 Å². The Morgan fingerprint density at radius 1 is 0.793 bits per heavy atom. The Morgan fingerprint density at radius 3 is 2.10 bits per heavy atom. The van der Waals surface area contributed by atoms with Gasteiger partial charge in [0.05, 0.1) is 6.61 Å². The molecule has 4 aromatic carbocycles. The molecule has 0 aliphatic carbocycles. The highest BCUT2D eigenvalue weighted by atomic mass is 16.5. The number of fused-ring (bicyclic) bond motifs is 2. The smallest absolute Gasteiger partial charge is 0.331 e. The van der Waals surface area contributed by atoms with E-state index < -0.39 is 0 Å². The summed E-state index contributed by atoms with van der Waals surface area (Å²) < 4.78 is 5.18. The Hall–Kier alpha value is -3.39. The number of benzene rings is 4. The van der Waals surface area contributed by atoms with E-state index in [1.807, 2.05) is 19.1 Å². The van der Waals surface area contributed by atoms with Crippen molar-refractivity contribution in [2.75, 3.05) is 6.61 Å². The molecule has 0 aliphatic rings. The molecule has 0 radical (unpaired) electrons. The van der Waals surface area contributed by atoms with Crippen molar-refractivity contribution < 1.29 is 9.53 Å². The van der Waals surface area contributed by atoms with E-state index in [1.54, 1.807) is 6.08 Å². The first-order valence-electron chi connectivity index (χ1n) is 10.1. The Balaban J connectivity index is 1.63. The van der Waals surface area contributed by atoms with Crippen molar-refractivity contribution in [1.29, 1.82) is 0 Å².